The molecule has 0 aliphatic rings. The summed E-state index contributed by atoms with van der Waals surface area (Å²) in [6.45, 7) is 1.01. The molecule has 4 heteroatoms. The van der Waals surface area contributed by atoms with E-state index < -0.39 is 11.6 Å². The molecule has 0 spiro atoms. The van der Waals surface area contributed by atoms with Gasteiger partial charge in [-0.3, -0.25) is 0 Å². The van der Waals surface area contributed by atoms with E-state index >= 15 is 0 Å². The van der Waals surface area contributed by atoms with E-state index in [4.69, 9.17) is 0 Å². The summed E-state index contributed by atoms with van der Waals surface area (Å²) in [6, 6.07) is 11.8. The molecule has 1 heterocycles. The summed E-state index contributed by atoms with van der Waals surface area (Å²) >= 11 is 0. The molecule has 20 heavy (non-hydrogen) atoms. The molecule has 2 nitrogen and oxygen atoms in total. The molecule has 102 valence electrons. The predicted octanol–water partition coefficient (Wildman–Crippen LogP) is 3.74. The fourth-order valence-corrected chi connectivity index (χ4v) is 2.22. The molecule has 0 aliphatic carbocycles. The van der Waals surface area contributed by atoms with Crippen LogP contribution < -0.4 is 5.32 Å². The maximum atomic E-state index is 13.5. The van der Waals surface area contributed by atoms with Crippen LogP contribution in [0.3, 0.4) is 0 Å². The van der Waals surface area contributed by atoms with Gasteiger partial charge in [-0.15, -0.1) is 0 Å². The SMILES string of the molecule is Fc1ccc(CNCc2ccc3[nH]ccc3c2)c(F)c1. The van der Waals surface area contributed by atoms with Crippen molar-refractivity contribution in [1.29, 1.82) is 0 Å². The van der Waals surface area contributed by atoms with E-state index in [-0.39, 0.29) is 0 Å². The van der Waals surface area contributed by atoms with Gasteiger partial charge < -0.3 is 10.3 Å². The van der Waals surface area contributed by atoms with Gasteiger partial charge in [-0.2, -0.15) is 0 Å². The molecule has 0 fully saturated rings. The number of aromatic amines is 1. The fraction of sp³-hybridized carbons (Fsp3) is 0.125. The van der Waals surface area contributed by atoms with E-state index in [1.54, 1.807) is 0 Å². The Morgan fingerprint density at radius 1 is 0.950 bits per heavy atom. The third-order valence-corrected chi connectivity index (χ3v) is 3.28. The number of benzene rings is 2. The molecule has 0 bridgehead atoms. The Hall–Kier alpha value is -2.20. The highest BCUT2D eigenvalue weighted by Gasteiger charge is 2.03. The van der Waals surface area contributed by atoms with Crippen molar-refractivity contribution in [3.63, 3.8) is 0 Å². The van der Waals surface area contributed by atoms with E-state index in [1.165, 1.54) is 12.1 Å². The quantitative estimate of drug-likeness (QED) is 0.744. The van der Waals surface area contributed by atoms with Crippen molar-refractivity contribution in [1.82, 2.24) is 10.3 Å². The van der Waals surface area contributed by atoms with Gasteiger partial charge in [0.15, 0.2) is 0 Å². The Morgan fingerprint density at radius 2 is 1.85 bits per heavy atom. The molecule has 3 rings (SSSR count). The lowest BCUT2D eigenvalue weighted by Crippen LogP contribution is -2.13. The van der Waals surface area contributed by atoms with Crippen LogP contribution in [0.5, 0.6) is 0 Å². The summed E-state index contributed by atoms with van der Waals surface area (Å²) in [5.74, 6) is -1.07. The Morgan fingerprint density at radius 3 is 2.70 bits per heavy atom. The molecule has 0 unspecified atom stereocenters. The van der Waals surface area contributed by atoms with E-state index in [0.717, 1.165) is 22.5 Å². The van der Waals surface area contributed by atoms with Crippen LogP contribution in [0.2, 0.25) is 0 Å². The van der Waals surface area contributed by atoms with Gasteiger partial charge in [-0.1, -0.05) is 12.1 Å². The Bertz CT molecular complexity index is 734. The number of nitrogens with one attached hydrogen (secondary N) is 2. The normalized spacial score (nSPS) is 11.1. The Kier molecular flexibility index (Phi) is 3.48. The maximum absolute atomic E-state index is 13.5. The summed E-state index contributed by atoms with van der Waals surface area (Å²) in [5.41, 5.74) is 2.69. The van der Waals surface area contributed by atoms with E-state index in [1.807, 2.05) is 24.4 Å². The van der Waals surface area contributed by atoms with Crippen LogP contribution in [-0.4, -0.2) is 4.98 Å². The topological polar surface area (TPSA) is 27.8 Å². The Labute approximate surface area is 115 Å². The number of H-pyrrole nitrogens is 1. The minimum absolute atomic E-state index is 0.372. The summed E-state index contributed by atoms with van der Waals surface area (Å²) in [4.78, 5) is 3.14. The number of hydrogen-bond donors (Lipinski definition) is 2. The highest BCUT2D eigenvalue weighted by Crippen LogP contribution is 2.14. The molecular formula is C16H14F2N2. The zero-order chi connectivity index (χ0) is 13.9. The number of halogens is 2. The molecule has 0 saturated heterocycles. The number of aromatic nitrogens is 1. The van der Waals surface area contributed by atoms with E-state index in [0.29, 0.717) is 18.7 Å². The van der Waals surface area contributed by atoms with Gasteiger partial charge in [0.2, 0.25) is 0 Å². The standard InChI is InChI=1S/C16H14F2N2/c17-14-3-2-13(15(18)8-14)10-19-9-11-1-4-16-12(7-11)5-6-20-16/h1-8,19-20H,9-10H2. The number of rotatable bonds is 4. The molecule has 2 aromatic carbocycles. The lowest BCUT2D eigenvalue weighted by Gasteiger charge is -2.06. The van der Waals surface area contributed by atoms with Gasteiger partial charge in [-0.25, -0.2) is 8.78 Å². The molecule has 0 radical (unpaired) electrons. The number of fused-ring (bicyclic) bond motifs is 1. The van der Waals surface area contributed by atoms with Crippen molar-refractivity contribution >= 4 is 10.9 Å². The minimum atomic E-state index is -0.552. The van der Waals surface area contributed by atoms with Crippen LogP contribution in [0.15, 0.2) is 48.7 Å². The first-order valence-electron chi connectivity index (χ1n) is 6.43. The zero-order valence-corrected chi connectivity index (χ0v) is 10.8. The van der Waals surface area contributed by atoms with Crippen molar-refractivity contribution in [3.8, 4) is 0 Å². The average molecular weight is 272 g/mol. The molecule has 0 aliphatic heterocycles. The first-order chi connectivity index (χ1) is 9.72. The maximum Gasteiger partial charge on any atom is 0.130 e. The third kappa shape index (κ3) is 2.70. The van der Waals surface area contributed by atoms with Gasteiger partial charge in [0, 0.05) is 36.4 Å². The predicted molar refractivity (Wildman–Crippen MR) is 75.2 cm³/mol. The summed E-state index contributed by atoms with van der Waals surface area (Å²) in [5, 5.41) is 4.31. The van der Waals surface area contributed by atoms with Crippen LogP contribution in [0.4, 0.5) is 8.78 Å². The van der Waals surface area contributed by atoms with Crippen LogP contribution >= 0.6 is 0 Å². The minimum Gasteiger partial charge on any atom is -0.361 e. The summed E-state index contributed by atoms with van der Waals surface area (Å²) in [7, 11) is 0. The molecular weight excluding hydrogens is 258 g/mol. The molecule has 0 saturated carbocycles. The van der Waals surface area contributed by atoms with E-state index in [9.17, 15) is 8.78 Å². The second kappa shape index (κ2) is 5.43. The lowest BCUT2D eigenvalue weighted by molar-refractivity contribution is 0.560. The van der Waals surface area contributed by atoms with Crippen molar-refractivity contribution in [2.45, 2.75) is 13.1 Å². The van der Waals surface area contributed by atoms with Crippen LogP contribution in [0, 0.1) is 11.6 Å². The van der Waals surface area contributed by atoms with Crippen LogP contribution in [0.25, 0.3) is 10.9 Å². The molecule has 1 aromatic heterocycles. The lowest BCUT2D eigenvalue weighted by atomic mass is 10.1. The largest absolute Gasteiger partial charge is 0.361 e. The second-order valence-electron chi connectivity index (χ2n) is 4.74. The first kappa shape index (κ1) is 12.8. The highest BCUT2D eigenvalue weighted by atomic mass is 19.1. The van der Waals surface area contributed by atoms with E-state index in [2.05, 4.69) is 16.4 Å². The molecule has 3 aromatic rings. The monoisotopic (exact) mass is 272 g/mol. The van der Waals surface area contributed by atoms with Gasteiger partial charge in [0.1, 0.15) is 11.6 Å². The van der Waals surface area contributed by atoms with Crippen molar-refractivity contribution < 1.29 is 8.78 Å². The second-order valence-corrected chi connectivity index (χ2v) is 4.74. The smallest absolute Gasteiger partial charge is 0.130 e. The third-order valence-electron chi connectivity index (χ3n) is 3.28. The highest BCUT2D eigenvalue weighted by molar-refractivity contribution is 5.79. The van der Waals surface area contributed by atoms with Crippen molar-refractivity contribution in [2.24, 2.45) is 0 Å². The van der Waals surface area contributed by atoms with Gasteiger partial charge in [0.25, 0.3) is 0 Å². The Balaban J connectivity index is 1.64. The number of hydrogen-bond acceptors (Lipinski definition) is 1. The summed E-state index contributed by atoms with van der Waals surface area (Å²) in [6.07, 6.45) is 1.90. The zero-order valence-electron chi connectivity index (χ0n) is 10.8. The van der Waals surface area contributed by atoms with Gasteiger partial charge >= 0.3 is 0 Å². The van der Waals surface area contributed by atoms with Crippen molar-refractivity contribution in [2.75, 3.05) is 0 Å². The van der Waals surface area contributed by atoms with Crippen molar-refractivity contribution in [3.05, 3.63) is 71.4 Å². The average Bonchev–Trinajstić information content (AvgIpc) is 2.89. The molecule has 0 amide bonds. The molecule has 0 atom stereocenters. The van der Waals surface area contributed by atoms with Crippen LogP contribution in [-0.2, 0) is 13.1 Å². The summed E-state index contributed by atoms with van der Waals surface area (Å²) < 4.78 is 26.2. The fourth-order valence-electron chi connectivity index (χ4n) is 2.22. The van der Waals surface area contributed by atoms with Crippen LogP contribution in [0.1, 0.15) is 11.1 Å². The van der Waals surface area contributed by atoms with Gasteiger partial charge in [-0.05, 0) is 35.2 Å². The molecule has 2 N–H and O–H groups in total. The van der Waals surface area contributed by atoms with Gasteiger partial charge in [0.05, 0.1) is 0 Å². The first-order valence-corrected chi connectivity index (χ1v) is 6.43.